The van der Waals surface area contributed by atoms with Crippen molar-refractivity contribution in [2.45, 2.75) is 20.4 Å². The van der Waals surface area contributed by atoms with Crippen LogP contribution in [0.5, 0.6) is 0 Å². The number of hydrogen-bond acceptors (Lipinski definition) is 5. The Kier molecular flexibility index (Phi) is 6.78. The van der Waals surface area contributed by atoms with E-state index in [4.69, 9.17) is 34.8 Å². The first kappa shape index (κ1) is 24.3. The van der Waals surface area contributed by atoms with E-state index < -0.39 is 16.1 Å². The predicted molar refractivity (Wildman–Crippen MR) is 135 cm³/mol. The second-order valence-corrected chi connectivity index (χ2v) is 9.74. The van der Waals surface area contributed by atoms with Gasteiger partial charge in [-0.1, -0.05) is 40.9 Å². The quantitative estimate of drug-likeness (QED) is 0.195. The van der Waals surface area contributed by atoms with Crippen LogP contribution >= 0.6 is 46.6 Å². The molecule has 0 bridgehead atoms. The number of halogens is 3. The first-order valence-corrected chi connectivity index (χ1v) is 11.8. The molecule has 1 aliphatic heterocycles. The second kappa shape index (κ2) is 9.46. The van der Waals surface area contributed by atoms with Crippen molar-refractivity contribution in [1.82, 2.24) is 9.47 Å². The highest BCUT2D eigenvalue weighted by atomic mass is 35.5. The summed E-state index contributed by atoms with van der Waals surface area (Å²) in [7, 11) is 0. The molecule has 0 spiro atoms. The molecule has 2 amide bonds. The fourth-order valence-electron chi connectivity index (χ4n) is 3.73. The highest BCUT2D eigenvalue weighted by Crippen LogP contribution is 2.37. The van der Waals surface area contributed by atoms with Crippen LogP contribution in [-0.2, 0) is 11.3 Å². The third-order valence-electron chi connectivity index (χ3n) is 5.39. The van der Waals surface area contributed by atoms with Gasteiger partial charge in [0.25, 0.3) is 16.8 Å². The zero-order valence-electron chi connectivity index (χ0n) is 17.8. The van der Waals surface area contributed by atoms with Gasteiger partial charge in [-0.3, -0.25) is 24.6 Å². The molecule has 1 aliphatic rings. The lowest BCUT2D eigenvalue weighted by atomic mass is 10.2. The lowest BCUT2D eigenvalue weighted by Gasteiger charge is -2.14. The lowest BCUT2D eigenvalue weighted by molar-refractivity contribution is -0.384. The number of nitrogens with zero attached hydrogens (tertiary/aromatic N) is 3. The molecule has 174 valence electrons. The van der Waals surface area contributed by atoms with Crippen LogP contribution in [-0.4, -0.2) is 25.5 Å². The van der Waals surface area contributed by atoms with Crippen LogP contribution in [0.3, 0.4) is 0 Å². The van der Waals surface area contributed by atoms with Crippen molar-refractivity contribution < 1.29 is 14.5 Å². The predicted octanol–water partition coefficient (Wildman–Crippen LogP) is 7.20. The molecule has 0 aliphatic carbocycles. The molecule has 34 heavy (non-hydrogen) atoms. The number of carbonyl (C=O) groups excluding carboxylic acids is 2. The van der Waals surface area contributed by atoms with E-state index in [9.17, 15) is 19.7 Å². The van der Waals surface area contributed by atoms with E-state index in [0.29, 0.717) is 26.9 Å². The molecule has 0 radical (unpaired) electrons. The van der Waals surface area contributed by atoms with Gasteiger partial charge in [0, 0.05) is 33.1 Å². The largest absolute Gasteiger partial charge is 0.318 e. The summed E-state index contributed by atoms with van der Waals surface area (Å²) in [4.78, 5) is 37.7. The summed E-state index contributed by atoms with van der Waals surface area (Å²) in [6.45, 7) is 3.64. The number of nitro groups is 1. The van der Waals surface area contributed by atoms with E-state index in [0.717, 1.165) is 28.0 Å². The summed E-state index contributed by atoms with van der Waals surface area (Å²) in [6, 6.07) is 11.4. The molecule has 7 nitrogen and oxygen atoms in total. The van der Waals surface area contributed by atoms with Crippen LogP contribution in [0.1, 0.15) is 22.5 Å². The molecule has 2 aromatic carbocycles. The number of amides is 2. The monoisotopic (exact) mass is 535 g/mol. The van der Waals surface area contributed by atoms with Gasteiger partial charge in [0.1, 0.15) is 5.02 Å². The Morgan fingerprint density at radius 1 is 1.03 bits per heavy atom. The van der Waals surface area contributed by atoms with Crippen LogP contribution in [0.15, 0.2) is 47.4 Å². The van der Waals surface area contributed by atoms with E-state index in [1.54, 1.807) is 30.3 Å². The molecule has 1 aromatic heterocycles. The Hall–Kier alpha value is -2.78. The van der Waals surface area contributed by atoms with Gasteiger partial charge in [-0.2, -0.15) is 0 Å². The number of carbonyl (C=O) groups is 2. The van der Waals surface area contributed by atoms with Crippen molar-refractivity contribution in [2.24, 2.45) is 0 Å². The van der Waals surface area contributed by atoms with Crippen molar-refractivity contribution in [3.8, 4) is 5.69 Å². The van der Waals surface area contributed by atoms with Gasteiger partial charge in [0.2, 0.25) is 0 Å². The van der Waals surface area contributed by atoms with Crippen LogP contribution in [0, 0.1) is 24.0 Å². The molecule has 0 saturated carbocycles. The number of aryl methyl sites for hydroxylation is 1. The van der Waals surface area contributed by atoms with Crippen LogP contribution < -0.4 is 0 Å². The first-order valence-electron chi connectivity index (χ1n) is 9.90. The van der Waals surface area contributed by atoms with Crippen molar-refractivity contribution in [1.29, 1.82) is 0 Å². The third kappa shape index (κ3) is 4.46. The van der Waals surface area contributed by atoms with E-state index in [1.807, 2.05) is 24.5 Å². The summed E-state index contributed by atoms with van der Waals surface area (Å²) >= 11 is 19.2. The third-order valence-corrected chi connectivity index (χ3v) is 7.33. The van der Waals surface area contributed by atoms with Crippen molar-refractivity contribution in [2.75, 3.05) is 0 Å². The van der Waals surface area contributed by atoms with E-state index in [-0.39, 0.29) is 22.2 Å². The number of imide groups is 1. The smallest absolute Gasteiger partial charge is 0.293 e. The topological polar surface area (TPSA) is 85.5 Å². The molecule has 11 heteroatoms. The molecule has 3 aromatic rings. The van der Waals surface area contributed by atoms with Gasteiger partial charge in [0.15, 0.2) is 0 Å². The van der Waals surface area contributed by atoms with Crippen LogP contribution in [0.4, 0.5) is 10.5 Å². The van der Waals surface area contributed by atoms with Crippen molar-refractivity contribution >= 4 is 69.5 Å². The van der Waals surface area contributed by atoms with Crippen molar-refractivity contribution in [3.05, 3.63) is 95.1 Å². The maximum absolute atomic E-state index is 13.0. The van der Waals surface area contributed by atoms with Gasteiger partial charge in [0.05, 0.1) is 22.1 Å². The number of nitro benzene ring substituents is 1. The molecule has 0 atom stereocenters. The average molecular weight is 537 g/mol. The highest BCUT2D eigenvalue weighted by molar-refractivity contribution is 8.18. The minimum Gasteiger partial charge on any atom is -0.318 e. The SMILES string of the molecule is Cc1cc(/C=C2\SC(=O)N(Cc3c(Cl)cccc3Cl)C2=O)c(C)n1-c1ccc(Cl)c([N+](=O)[O-])c1. The van der Waals surface area contributed by atoms with Crippen LogP contribution in [0.2, 0.25) is 15.1 Å². The number of thioether (sulfide) groups is 1. The second-order valence-electron chi connectivity index (χ2n) is 7.52. The molecular formula is C23H16Cl3N3O4S. The number of aromatic nitrogens is 1. The standard InChI is InChI=1S/C23H16Cl3N3O4S/c1-12-8-14(13(2)28(12)15-6-7-19(26)20(10-15)29(32)33)9-21-22(30)27(23(31)34-21)11-16-17(24)4-3-5-18(16)25/h3-10H,11H2,1-2H3/b21-9-. The van der Waals surface area contributed by atoms with E-state index in [1.165, 1.54) is 12.1 Å². The molecule has 0 N–H and O–H groups in total. The summed E-state index contributed by atoms with van der Waals surface area (Å²) in [5, 5.41) is 11.7. The maximum Gasteiger partial charge on any atom is 0.293 e. The fraction of sp³-hybridized carbons (Fsp3) is 0.130. The van der Waals surface area contributed by atoms with Gasteiger partial charge in [-0.15, -0.1) is 0 Å². The van der Waals surface area contributed by atoms with Gasteiger partial charge in [-0.25, -0.2) is 0 Å². The summed E-state index contributed by atoms with van der Waals surface area (Å²) in [5.74, 6) is -0.446. The van der Waals surface area contributed by atoms with Crippen molar-refractivity contribution in [3.63, 3.8) is 0 Å². The summed E-state index contributed by atoms with van der Waals surface area (Å²) in [6.07, 6.45) is 1.64. The minimum absolute atomic E-state index is 0.0338. The number of benzene rings is 2. The van der Waals surface area contributed by atoms with Gasteiger partial charge >= 0.3 is 0 Å². The fourth-order valence-corrected chi connectivity index (χ4v) is 5.26. The Balaban J connectivity index is 1.67. The lowest BCUT2D eigenvalue weighted by Crippen LogP contribution is -2.27. The molecule has 4 rings (SSSR count). The minimum atomic E-state index is -0.540. The van der Waals surface area contributed by atoms with E-state index >= 15 is 0 Å². The molecule has 1 saturated heterocycles. The normalized spacial score (nSPS) is 15.0. The molecular weight excluding hydrogens is 521 g/mol. The Labute approximate surface area is 214 Å². The molecule has 2 heterocycles. The molecule has 1 fully saturated rings. The molecule has 0 unspecified atom stereocenters. The summed E-state index contributed by atoms with van der Waals surface area (Å²) in [5.41, 5.74) is 3.10. The van der Waals surface area contributed by atoms with E-state index in [2.05, 4.69) is 0 Å². The Morgan fingerprint density at radius 3 is 2.35 bits per heavy atom. The Morgan fingerprint density at radius 2 is 1.71 bits per heavy atom. The van der Waals surface area contributed by atoms with Crippen LogP contribution in [0.25, 0.3) is 11.8 Å². The zero-order valence-corrected chi connectivity index (χ0v) is 20.9. The summed E-state index contributed by atoms with van der Waals surface area (Å²) < 4.78 is 1.82. The average Bonchev–Trinajstić information content (AvgIpc) is 3.20. The highest BCUT2D eigenvalue weighted by Gasteiger charge is 2.36. The first-order chi connectivity index (χ1) is 16.1. The number of rotatable bonds is 5. The number of hydrogen-bond donors (Lipinski definition) is 0. The maximum atomic E-state index is 13.0. The van der Waals surface area contributed by atoms with Gasteiger partial charge < -0.3 is 4.57 Å². The Bertz CT molecular complexity index is 1380. The van der Waals surface area contributed by atoms with Gasteiger partial charge in [-0.05, 0) is 67.6 Å². The zero-order chi connectivity index (χ0) is 24.7.